The number of thiazole rings is 1. The van der Waals surface area contributed by atoms with E-state index in [0.717, 1.165) is 38.9 Å². The van der Waals surface area contributed by atoms with Gasteiger partial charge in [-0.25, -0.2) is 4.98 Å². The molecule has 3 nitrogen and oxygen atoms in total. The Balaban J connectivity index is 1.91. The first-order valence-electron chi connectivity index (χ1n) is 6.35. The molecule has 1 saturated heterocycles. The van der Waals surface area contributed by atoms with Crippen LogP contribution in [0.3, 0.4) is 0 Å². The zero-order chi connectivity index (χ0) is 12.3. The van der Waals surface area contributed by atoms with Gasteiger partial charge in [0.15, 0.2) is 0 Å². The van der Waals surface area contributed by atoms with Gasteiger partial charge in [-0.05, 0) is 39.5 Å². The summed E-state index contributed by atoms with van der Waals surface area (Å²) < 4.78 is 5.38. The van der Waals surface area contributed by atoms with E-state index in [9.17, 15) is 0 Å². The minimum atomic E-state index is -0.0948. The third-order valence-electron chi connectivity index (χ3n) is 3.17. The average Bonchev–Trinajstić information content (AvgIpc) is 2.75. The van der Waals surface area contributed by atoms with E-state index in [4.69, 9.17) is 15.5 Å². The van der Waals surface area contributed by atoms with Crippen molar-refractivity contribution in [2.75, 3.05) is 13.2 Å². The van der Waals surface area contributed by atoms with Crippen molar-refractivity contribution in [3.8, 4) is 0 Å². The highest BCUT2D eigenvalue weighted by molar-refractivity contribution is 7.09. The Bertz CT molecular complexity index is 351. The van der Waals surface area contributed by atoms with Gasteiger partial charge in [0, 0.05) is 30.1 Å². The van der Waals surface area contributed by atoms with Gasteiger partial charge in [0.25, 0.3) is 0 Å². The van der Waals surface area contributed by atoms with Crippen LogP contribution in [0.1, 0.15) is 49.7 Å². The maximum absolute atomic E-state index is 5.99. The number of aromatic nitrogens is 1. The molecule has 0 spiro atoms. The Hall–Kier alpha value is -0.450. The fourth-order valence-corrected chi connectivity index (χ4v) is 3.05. The molecule has 0 atom stereocenters. The van der Waals surface area contributed by atoms with Crippen molar-refractivity contribution in [3.63, 3.8) is 0 Å². The minimum absolute atomic E-state index is 0.0948. The molecule has 17 heavy (non-hydrogen) atoms. The smallest absolute Gasteiger partial charge is 0.0960 e. The van der Waals surface area contributed by atoms with Crippen LogP contribution >= 0.6 is 11.3 Å². The predicted octanol–water partition coefficient (Wildman–Crippen LogP) is 2.71. The molecule has 0 amide bonds. The van der Waals surface area contributed by atoms with Crippen LogP contribution in [0, 0.1) is 0 Å². The standard InChI is InChI=1S/C13H22N2OS/c1-13(2,14)6-3-11-9-17-12(15-11)10-4-7-16-8-5-10/h9-10H,3-8,14H2,1-2H3. The second-order valence-electron chi connectivity index (χ2n) is 5.55. The lowest BCUT2D eigenvalue weighted by molar-refractivity contribution is 0.0852. The number of nitrogens with two attached hydrogens (primary N) is 1. The van der Waals surface area contributed by atoms with E-state index in [0.29, 0.717) is 5.92 Å². The lowest BCUT2D eigenvalue weighted by atomic mass is 9.99. The lowest BCUT2D eigenvalue weighted by Gasteiger charge is -2.19. The van der Waals surface area contributed by atoms with Gasteiger partial charge in [0.2, 0.25) is 0 Å². The quantitative estimate of drug-likeness (QED) is 0.898. The molecule has 0 aromatic carbocycles. The number of nitrogens with zero attached hydrogens (tertiary/aromatic N) is 1. The zero-order valence-corrected chi connectivity index (χ0v) is 11.6. The summed E-state index contributed by atoms with van der Waals surface area (Å²) in [6.07, 6.45) is 4.22. The van der Waals surface area contributed by atoms with Gasteiger partial charge in [-0.3, -0.25) is 0 Å². The fraction of sp³-hybridized carbons (Fsp3) is 0.769. The van der Waals surface area contributed by atoms with Gasteiger partial charge in [-0.2, -0.15) is 0 Å². The van der Waals surface area contributed by atoms with E-state index in [-0.39, 0.29) is 5.54 Å². The first-order chi connectivity index (χ1) is 8.04. The van der Waals surface area contributed by atoms with Crippen molar-refractivity contribution >= 4 is 11.3 Å². The maximum Gasteiger partial charge on any atom is 0.0960 e. The second kappa shape index (κ2) is 5.46. The number of hydrogen-bond acceptors (Lipinski definition) is 4. The molecule has 0 radical (unpaired) electrons. The Morgan fingerprint density at radius 3 is 2.82 bits per heavy atom. The molecule has 96 valence electrons. The van der Waals surface area contributed by atoms with Gasteiger partial charge in [-0.1, -0.05) is 0 Å². The molecule has 2 heterocycles. The first kappa shape index (κ1) is 13.0. The van der Waals surface area contributed by atoms with E-state index in [2.05, 4.69) is 19.2 Å². The highest BCUT2D eigenvalue weighted by Gasteiger charge is 2.19. The number of rotatable bonds is 4. The van der Waals surface area contributed by atoms with Gasteiger partial charge < -0.3 is 10.5 Å². The summed E-state index contributed by atoms with van der Waals surface area (Å²) in [4.78, 5) is 4.74. The van der Waals surface area contributed by atoms with Crippen LogP contribution in [0.2, 0.25) is 0 Å². The van der Waals surface area contributed by atoms with Crippen molar-refractivity contribution in [2.24, 2.45) is 5.73 Å². The Morgan fingerprint density at radius 2 is 2.18 bits per heavy atom. The molecule has 1 aromatic rings. The average molecular weight is 254 g/mol. The Kier molecular flexibility index (Phi) is 4.17. The van der Waals surface area contributed by atoms with Crippen LogP contribution < -0.4 is 5.73 Å². The van der Waals surface area contributed by atoms with Crippen LogP contribution in [0.4, 0.5) is 0 Å². The third kappa shape index (κ3) is 4.05. The van der Waals surface area contributed by atoms with E-state index in [1.54, 1.807) is 11.3 Å². The molecule has 0 saturated carbocycles. The SMILES string of the molecule is CC(C)(N)CCc1csc(C2CCOCC2)n1. The summed E-state index contributed by atoms with van der Waals surface area (Å²) in [7, 11) is 0. The first-order valence-corrected chi connectivity index (χ1v) is 7.23. The van der Waals surface area contributed by atoms with Crippen molar-refractivity contribution in [2.45, 2.75) is 51.0 Å². The van der Waals surface area contributed by atoms with Crippen molar-refractivity contribution < 1.29 is 4.74 Å². The summed E-state index contributed by atoms with van der Waals surface area (Å²) in [6, 6.07) is 0. The van der Waals surface area contributed by atoms with Gasteiger partial charge in [-0.15, -0.1) is 11.3 Å². The number of hydrogen-bond donors (Lipinski definition) is 1. The Labute approximate surface area is 107 Å². The van der Waals surface area contributed by atoms with E-state index >= 15 is 0 Å². The van der Waals surface area contributed by atoms with Crippen LogP contribution in [0.25, 0.3) is 0 Å². The number of ether oxygens (including phenoxy) is 1. The molecular weight excluding hydrogens is 232 g/mol. The van der Waals surface area contributed by atoms with Crippen LogP contribution in [0.5, 0.6) is 0 Å². The molecule has 1 aliphatic heterocycles. The summed E-state index contributed by atoms with van der Waals surface area (Å²) >= 11 is 1.80. The molecular formula is C13H22N2OS. The van der Waals surface area contributed by atoms with E-state index < -0.39 is 0 Å². The molecule has 1 aromatic heterocycles. The van der Waals surface area contributed by atoms with Gasteiger partial charge in [0.05, 0.1) is 10.7 Å². The van der Waals surface area contributed by atoms with Crippen molar-refractivity contribution in [3.05, 3.63) is 16.1 Å². The largest absolute Gasteiger partial charge is 0.381 e. The van der Waals surface area contributed by atoms with Crippen molar-refractivity contribution in [1.29, 1.82) is 0 Å². The highest BCUT2D eigenvalue weighted by Crippen LogP contribution is 2.29. The molecule has 0 aliphatic carbocycles. The number of aryl methyl sites for hydroxylation is 1. The molecule has 1 fully saturated rings. The molecule has 4 heteroatoms. The third-order valence-corrected chi connectivity index (χ3v) is 4.22. The monoisotopic (exact) mass is 254 g/mol. The fourth-order valence-electron chi connectivity index (χ4n) is 2.02. The van der Waals surface area contributed by atoms with Crippen LogP contribution in [-0.4, -0.2) is 23.7 Å². The van der Waals surface area contributed by atoms with E-state index in [1.807, 2.05) is 0 Å². The molecule has 2 rings (SSSR count). The topological polar surface area (TPSA) is 48.1 Å². The summed E-state index contributed by atoms with van der Waals surface area (Å²) in [5.41, 5.74) is 7.10. The molecule has 0 bridgehead atoms. The second-order valence-corrected chi connectivity index (χ2v) is 6.44. The maximum atomic E-state index is 5.99. The van der Waals surface area contributed by atoms with Gasteiger partial charge >= 0.3 is 0 Å². The van der Waals surface area contributed by atoms with Crippen LogP contribution in [0.15, 0.2) is 5.38 Å². The normalized spacial score (nSPS) is 18.5. The van der Waals surface area contributed by atoms with E-state index in [1.165, 1.54) is 10.7 Å². The molecule has 2 N–H and O–H groups in total. The molecule has 1 aliphatic rings. The zero-order valence-electron chi connectivity index (χ0n) is 10.7. The molecule has 0 unspecified atom stereocenters. The predicted molar refractivity (Wildman–Crippen MR) is 71.5 cm³/mol. The minimum Gasteiger partial charge on any atom is -0.381 e. The van der Waals surface area contributed by atoms with Crippen molar-refractivity contribution in [1.82, 2.24) is 4.98 Å². The van der Waals surface area contributed by atoms with Crippen LogP contribution in [-0.2, 0) is 11.2 Å². The highest BCUT2D eigenvalue weighted by atomic mass is 32.1. The summed E-state index contributed by atoms with van der Waals surface area (Å²) in [5, 5.41) is 3.48. The van der Waals surface area contributed by atoms with Gasteiger partial charge in [0.1, 0.15) is 0 Å². The Morgan fingerprint density at radius 1 is 1.47 bits per heavy atom. The summed E-state index contributed by atoms with van der Waals surface area (Å²) in [5.74, 6) is 0.619. The summed E-state index contributed by atoms with van der Waals surface area (Å²) in [6.45, 7) is 5.91. The lowest BCUT2D eigenvalue weighted by Crippen LogP contribution is -2.32.